The van der Waals surface area contributed by atoms with Gasteiger partial charge < -0.3 is 14.5 Å². The number of aryl methyl sites for hydroxylation is 1. The van der Waals surface area contributed by atoms with Crippen LogP contribution in [0.3, 0.4) is 0 Å². The quantitative estimate of drug-likeness (QED) is 0.652. The van der Waals surface area contributed by atoms with Gasteiger partial charge in [0.25, 0.3) is 0 Å². The lowest BCUT2D eigenvalue weighted by Gasteiger charge is -2.34. The first-order valence-electron chi connectivity index (χ1n) is 10.6. The molecular weight excluding hydrogens is 364 g/mol. The maximum Gasteiger partial charge on any atom is 0.410 e. The van der Waals surface area contributed by atoms with Gasteiger partial charge in [-0.1, -0.05) is 35.9 Å². The summed E-state index contributed by atoms with van der Waals surface area (Å²) >= 11 is 0. The predicted octanol–water partition coefficient (Wildman–Crippen LogP) is 4.67. The van der Waals surface area contributed by atoms with Crippen LogP contribution in [-0.4, -0.2) is 54.1 Å². The molecule has 1 aromatic carbocycles. The van der Waals surface area contributed by atoms with E-state index in [1.807, 2.05) is 50.8 Å². The molecule has 1 heterocycles. The molecule has 0 unspecified atom stereocenters. The maximum atomic E-state index is 12.6. The van der Waals surface area contributed by atoms with Gasteiger partial charge in [0.2, 0.25) is 5.91 Å². The number of piperidine rings is 1. The summed E-state index contributed by atoms with van der Waals surface area (Å²) < 4.78 is 5.41. The van der Waals surface area contributed by atoms with E-state index in [4.69, 9.17) is 4.74 Å². The number of benzene rings is 1. The SMILES string of the molecule is C/C(=C/C(=O)N1CCC(CN(C)C(=O)OC(C)(C)C)CC1)CCc1ccccc1. The van der Waals surface area contributed by atoms with Crippen LogP contribution in [-0.2, 0) is 16.0 Å². The molecule has 0 N–H and O–H groups in total. The molecule has 1 fully saturated rings. The molecule has 5 nitrogen and oxygen atoms in total. The standard InChI is InChI=1S/C24H36N2O3/c1-19(11-12-20-9-7-6-8-10-20)17-22(27)26-15-13-21(14-16-26)18-25(5)23(28)29-24(2,3)4/h6-10,17,21H,11-16,18H2,1-5H3/b19-17-. The number of allylic oxidation sites excluding steroid dienone is 1. The zero-order valence-electron chi connectivity index (χ0n) is 18.6. The number of nitrogens with zero attached hydrogens (tertiary/aromatic N) is 2. The number of ether oxygens (including phenoxy) is 1. The van der Waals surface area contributed by atoms with Gasteiger partial charge in [0.1, 0.15) is 5.60 Å². The van der Waals surface area contributed by atoms with E-state index < -0.39 is 5.60 Å². The molecule has 2 amide bonds. The van der Waals surface area contributed by atoms with E-state index in [1.165, 1.54) is 5.56 Å². The summed E-state index contributed by atoms with van der Waals surface area (Å²) in [7, 11) is 1.78. The number of hydrogen-bond donors (Lipinski definition) is 0. The van der Waals surface area contributed by atoms with Gasteiger partial charge in [-0.3, -0.25) is 4.79 Å². The summed E-state index contributed by atoms with van der Waals surface area (Å²) in [6.45, 7) is 9.81. The average molecular weight is 401 g/mol. The minimum Gasteiger partial charge on any atom is -0.444 e. The zero-order chi connectivity index (χ0) is 21.4. The van der Waals surface area contributed by atoms with Crippen molar-refractivity contribution in [2.45, 2.75) is 59.0 Å². The van der Waals surface area contributed by atoms with E-state index >= 15 is 0 Å². The predicted molar refractivity (Wildman–Crippen MR) is 117 cm³/mol. The first-order chi connectivity index (χ1) is 13.6. The Balaban J connectivity index is 1.75. The van der Waals surface area contributed by atoms with E-state index in [0.717, 1.165) is 44.3 Å². The minimum absolute atomic E-state index is 0.106. The van der Waals surface area contributed by atoms with Crippen molar-refractivity contribution in [1.29, 1.82) is 0 Å². The average Bonchev–Trinajstić information content (AvgIpc) is 2.66. The van der Waals surface area contributed by atoms with Crippen molar-refractivity contribution in [2.75, 3.05) is 26.7 Å². The van der Waals surface area contributed by atoms with E-state index in [1.54, 1.807) is 18.0 Å². The van der Waals surface area contributed by atoms with Gasteiger partial charge in [-0.05, 0) is 64.9 Å². The molecule has 0 aliphatic carbocycles. The molecule has 5 heteroatoms. The Kier molecular flexibility index (Phi) is 8.30. The fraction of sp³-hybridized carbons (Fsp3) is 0.583. The van der Waals surface area contributed by atoms with Gasteiger partial charge >= 0.3 is 6.09 Å². The van der Waals surface area contributed by atoms with Crippen molar-refractivity contribution in [3.8, 4) is 0 Å². The van der Waals surface area contributed by atoms with Crippen molar-refractivity contribution in [3.63, 3.8) is 0 Å². The van der Waals surface area contributed by atoms with E-state index in [2.05, 4.69) is 12.1 Å². The minimum atomic E-state index is -0.480. The molecule has 160 valence electrons. The summed E-state index contributed by atoms with van der Waals surface area (Å²) in [5.74, 6) is 0.509. The van der Waals surface area contributed by atoms with E-state index in [9.17, 15) is 9.59 Å². The Morgan fingerprint density at radius 2 is 1.79 bits per heavy atom. The number of amides is 2. The van der Waals surface area contributed by atoms with E-state index in [-0.39, 0.29) is 12.0 Å². The van der Waals surface area contributed by atoms with E-state index in [0.29, 0.717) is 12.5 Å². The Bertz CT molecular complexity index is 699. The van der Waals surface area contributed by atoms with Gasteiger partial charge in [0, 0.05) is 32.8 Å². The van der Waals surface area contributed by atoms with Gasteiger partial charge in [-0.25, -0.2) is 4.79 Å². The van der Waals surface area contributed by atoms with Gasteiger partial charge in [-0.15, -0.1) is 0 Å². The number of likely N-dealkylation sites (tertiary alicyclic amines) is 1. The summed E-state index contributed by atoms with van der Waals surface area (Å²) in [6.07, 6.45) is 5.18. The van der Waals surface area contributed by atoms with Crippen LogP contribution in [0.1, 0.15) is 52.5 Å². The first kappa shape index (κ1) is 23.0. The smallest absolute Gasteiger partial charge is 0.410 e. The molecule has 2 rings (SSSR count). The highest BCUT2D eigenvalue weighted by Gasteiger charge is 2.26. The van der Waals surface area contributed by atoms with Gasteiger partial charge in [-0.2, -0.15) is 0 Å². The second kappa shape index (κ2) is 10.5. The van der Waals surface area contributed by atoms with Crippen LogP contribution in [0.25, 0.3) is 0 Å². The van der Waals surface area contributed by atoms with Gasteiger partial charge in [0.05, 0.1) is 0 Å². The van der Waals surface area contributed by atoms with Crippen LogP contribution < -0.4 is 0 Å². The molecule has 1 aliphatic rings. The molecule has 0 radical (unpaired) electrons. The van der Waals surface area contributed by atoms with Crippen molar-refractivity contribution in [2.24, 2.45) is 5.92 Å². The third-order valence-electron chi connectivity index (χ3n) is 5.18. The molecule has 0 spiro atoms. The molecule has 0 bridgehead atoms. The summed E-state index contributed by atoms with van der Waals surface area (Å²) in [5.41, 5.74) is 1.93. The van der Waals surface area contributed by atoms with Crippen LogP contribution in [0.2, 0.25) is 0 Å². The van der Waals surface area contributed by atoms with Crippen LogP contribution in [0, 0.1) is 5.92 Å². The fourth-order valence-electron chi connectivity index (χ4n) is 3.50. The fourth-order valence-corrected chi connectivity index (χ4v) is 3.50. The lowest BCUT2D eigenvalue weighted by atomic mass is 9.96. The summed E-state index contributed by atoms with van der Waals surface area (Å²) in [4.78, 5) is 28.3. The van der Waals surface area contributed by atoms with Crippen LogP contribution in [0.4, 0.5) is 4.79 Å². The normalized spacial score (nSPS) is 15.9. The molecule has 0 saturated carbocycles. The lowest BCUT2D eigenvalue weighted by Crippen LogP contribution is -2.42. The number of carbonyl (C=O) groups is 2. The highest BCUT2D eigenvalue weighted by Crippen LogP contribution is 2.20. The molecular formula is C24H36N2O3. The molecule has 1 aliphatic heterocycles. The second-order valence-corrected chi connectivity index (χ2v) is 9.11. The summed E-state index contributed by atoms with van der Waals surface area (Å²) in [5, 5.41) is 0. The number of rotatable bonds is 6. The van der Waals surface area contributed by atoms with Gasteiger partial charge in [0.15, 0.2) is 0 Å². The van der Waals surface area contributed by atoms with Crippen LogP contribution in [0.5, 0.6) is 0 Å². The number of hydrogen-bond acceptors (Lipinski definition) is 3. The largest absolute Gasteiger partial charge is 0.444 e. The highest BCUT2D eigenvalue weighted by molar-refractivity contribution is 5.88. The van der Waals surface area contributed by atoms with Crippen molar-refractivity contribution in [1.82, 2.24) is 9.80 Å². The number of carbonyl (C=O) groups excluding carboxylic acids is 2. The third kappa shape index (κ3) is 8.30. The van der Waals surface area contributed by atoms with Crippen LogP contribution >= 0.6 is 0 Å². The second-order valence-electron chi connectivity index (χ2n) is 9.11. The lowest BCUT2D eigenvalue weighted by molar-refractivity contribution is -0.127. The molecule has 29 heavy (non-hydrogen) atoms. The third-order valence-corrected chi connectivity index (χ3v) is 5.18. The van der Waals surface area contributed by atoms with Crippen molar-refractivity contribution >= 4 is 12.0 Å². The maximum absolute atomic E-state index is 12.6. The Hall–Kier alpha value is -2.30. The first-order valence-corrected chi connectivity index (χ1v) is 10.6. The monoisotopic (exact) mass is 400 g/mol. The Labute approximate surface area is 175 Å². The zero-order valence-corrected chi connectivity index (χ0v) is 18.6. The topological polar surface area (TPSA) is 49.9 Å². The Morgan fingerprint density at radius 3 is 2.38 bits per heavy atom. The molecule has 0 aromatic heterocycles. The van der Waals surface area contributed by atoms with Crippen LogP contribution in [0.15, 0.2) is 42.0 Å². The molecule has 0 atom stereocenters. The highest BCUT2D eigenvalue weighted by atomic mass is 16.6. The molecule has 1 saturated heterocycles. The Morgan fingerprint density at radius 1 is 1.17 bits per heavy atom. The molecule has 1 aromatic rings. The van der Waals surface area contributed by atoms with Crippen molar-refractivity contribution < 1.29 is 14.3 Å². The van der Waals surface area contributed by atoms with Crippen molar-refractivity contribution in [3.05, 3.63) is 47.5 Å². The summed E-state index contributed by atoms with van der Waals surface area (Å²) in [6, 6.07) is 10.3.